The summed E-state index contributed by atoms with van der Waals surface area (Å²) in [6.45, 7) is 1.37. The summed E-state index contributed by atoms with van der Waals surface area (Å²) in [4.78, 5) is 15.6. The standard InChI is InChI=1S/C12H19N3O2/c1-14(2)7-8-15(3)12(17)9-5-4-6-10(13)11(9)16/h4-6,16H,7-8,13H2,1-3H3. The second-order valence-corrected chi connectivity index (χ2v) is 4.27. The van der Waals surface area contributed by atoms with Crippen molar-refractivity contribution < 1.29 is 9.90 Å². The van der Waals surface area contributed by atoms with E-state index in [1.165, 1.54) is 0 Å². The molecule has 0 aliphatic carbocycles. The van der Waals surface area contributed by atoms with Crippen LogP contribution in [0.1, 0.15) is 10.4 Å². The van der Waals surface area contributed by atoms with Gasteiger partial charge in [-0.05, 0) is 26.2 Å². The average molecular weight is 237 g/mol. The summed E-state index contributed by atoms with van der Waals surface area (Å²) in [6, 6.07) is 4.79. The number of hydrogen-bond donors (Lipinski definition) is 2. The van der Waals surface area contributed by atoms with Crippen LogP contribution in [0.15, 0.2) is 18.2 Å². The Hall–Kier alpha value is -1.75. The summed E-state index contributed by atoms with van der Waals surface area (Å²) in [5, 5.41) is 9.71. The van der Waals surface area contributed by atoms with Gasteiger partial charge < -0.3 is 20.6 Å². The van der Waals surface area contributed by atoms with E-state index in [1.54, 1.807) is 30.1 Å². The Morgan fingerprint density at radius 2 is 1.94 bits per heavy atom. The number of amides is 1. The van der Waals surface area contributed by atoms with E-state index in [-0.39, 0.29) is 22.9 Å². The number of benzene rings is 1. The molecule has 0 radical (unpaired) electrons. The highest BCUT2D eigenvalue weighted by Gasteiger charge is 2.16. The monoisotopic (exact) mass is 237 g/mol. The van der Waals surface area contributed by atoms with Crippen LogP contribution in [0.25, 0.3) is 0 Å². The van der Waals surface area contributed by atoms with Crippen LogP contribution >= 0.6 is 0 Å². The van der Waals surface area contributed by atoms with Crippen molar-refractivity contribution in [2.24, 2.45) is 0 Å². The minimum atomic E-state index is -0.225. The largest absolute Gasteiger partial charge is 0.505 e. The molecule has 94 valence electrons. The number of phenols is 1. The summed E-state index contributed by atoms with van der Waals surface area (Å²) < 4.78 is 0. The first-order valence-corrected chi connectivity index (χ1v) is 5.41. The fourth-order valence-electron chi connectivity index (χ4n) is 1.39. The molecule has 1 aromatic rings. The molecule has 0 aliphatic heterocycles. The Kier molecular flexibility index (Phi) is 4.34. The molecule has 0 unspecified atom stereocenters. The fraction of sp³-hybridized carbons (Fsp3) is 0.417. The summed E-state index contributed by atoms with van der Waals surface area (Å²) >= 11 is 0. The molecule has 3 N–H and O–H groups in total. The van der Waals surface area contributed by atoms with E-state index < -0.39 is 0 Å². The van der Waals surface area contributed by atoms with Crippen LogP contribution in [0.5, 0.6) is 5.75 Å². The molecular weight excluding hydrogens is 218 g/mol. The van der Waals surface area contributed by atoms with E-state index in [2.05, 4.69) is 0 Å². The molecule has 1 amide bonds. The van der Waals surface area contributed by atoms with Crippen LogP contribution in [-0.2, 0) is 0 Å². The Morgan fingerprint density at radius 1 is 1.29 bits per heavy atom. The number of nitrogens with two attached hydrogens (primary N) is 1. The summed E-state index contributed by atoms with van der Waals surface area (Å²) in [5.41, 5.74) is 6.01. The summed E-state index contributed by atoms with van der Waals surface area (Å²) in [6.07, 6.45) is 0. The van der Waals surface area contributed by atoms with Crippen LogP contribution in [0.3, 0.4) is 0 Å². The molecule has 0 fully saturated rings. The molecule has 0 bridgehead atoms. The van der Waals surface area contributed by atoms with Gasteiger partial charge in [0.15, 0.2) is 5.75 Å². The maximum absolute atomic E-state index is 12.0. The molecule has 5 nitrogen and oxygen atoms in total. The van der Waals surface area contributed by atoms with Crippen molar-refractivity contribution in [2.75, 3.05) is 40.0 Å². The molecule has 0 aromatic heterocycles. The van der Waals surface area contributed by atoms with Gasteiger partial charge in [-0.2, -0.15) is 0 Å². The van der Waals surface area contributed by atoms with E-state index in [0.717, 1.165) is 6.54 Å². The second-order valence-electron chi connectivity index (χ2n) is 4.27. The van der Waals surface area contributed by atoms with Crippen LogP contribution < -0.4 is 5.73 Å². The fourth-order valence-corrected chi connectivity index (χ4v) is 1.39. The molecule has 1 aromatic carbocycles. The number of nitrogens with zero attached hydrogens (tertiary/aromatic N) is 2. The normalized spacial score (nSPS) is 10.6. The van der Waals surface area contributed by atoms with Gasteiger partial charge in [0, 0.05) is 20.1 Å². The quantitative estimate of drug-likeness (QED) is 0.594. The lowest BCUT2D eigenvalue weighted by Crippen LogP contribution is -2.33. The number of likely N-dealkylation sites (N-methyl/N-ethyl adjacent to an activating group) is 2. The second kappa shape index (κ2) is 5.54. The third-order valence-electron chi connectivity index (χ3n) is 2.53. The molecule has 0 spiro atoms. The van der Waals surface area contributed by atoms with Crippen LogP contribution in [0.2, 0.25) is 0 Å². The van der Waals surface area contributed by atoms with E-state index >= 15 is 0 Å². The van der Waals surface area contributed by atoms with Crippen molar-refractivity contribution in [1.29, 1.82) is 0 Å². The summed E-state index contributed by atoms with van der Waals surface area (Å²) in [7, 11) is 5.58. The van der Waals surface area contributed by atoms with Crippen LogP contribution in [0, 0.1) is 0 Å². The summed E-state index contributed by atoms with van der Waals surface area (Å²) in [5.74, 6) is -0.370. The zero-order chi connectivity index (χ0) is 13.0. The molecule has 0 aliphatic rings. The van der Waals surface area contributed by atoms with E-state index in [1.807, 2.05) is 19.0 Å². The molecule has 0 atom stereocenters. The van der Waals surface area contributed by atoms with E-state index in [4.69, 9.17) is 5.73 Å². The molecule has 17 heavy (non-hydrogen) atoms. The zero-order valence-electron chi connectivity index (χ0n) is 10.5. The number of phenolic OH excluding ortho intramolecular Hbond substituents is 1. The lowest BCUT2D eigenvalue weighted by atomic mass is 10.1. The van der Waals surface area contributed by atoms with E-state index in [0.29, 0.717) is 6.54 Å². The minimum absolute atomic E-state index is 0.144. The van der Waals surface area contributed by atoms with Crippen molar-refractivity contribution in [1.82, 2.24) is 9.80 Å². The third-order valence-corrected chi connectivity index (χ3v) is 2.53. The number of anilines is 1. The molecule has 0 saturated carbocycles. The van der Waals surface area contributed by atoms with Gasteiger partial charge in [0.2, 0.25) is 0 Å². The minimum Gasteiger partial charge on any atom is -0.505 e. The van der Waals surface area contributed by atoms with Gasteiger partial charge >= 0.3 is 0 Å². The maximum Gasteiger partial charge on any atom is 0.257 e. The number of aromatic hydroxyl groups is 1. The SMILES string of the molecule is CN(C)CCN(C)C(=O)c1cccc(N)c1O. The number of rotatable bonds is 4. The van der Waals surface area contributed by atoms with Gasteiger partial charge in [-0.1, -0.05) is 6.07 Å². The Bertz CT molecular complexity index is 405. The maximum atomic E-state index is 12.0. The van der Waals surface area contributed by atoms with Crippen molar-refractivity contribution in [3.8, 4) is 5.75 Å². The molecule has 5 heteroatoms. The first-order valence-electron chi connectivity index (χ1n) is 5.41. The third kappa shape index (κ3) is 3.35. The molecule has 0 saturated heterocycles. The van der Waals surface area contributed by atoms with Crippen molar-refractivity contribution in [2.45, 2.75) is 0 Å². The van der Waals surface area contributed by atoms with Crippen LogP contribution in [0.4, 0.5) is 5.69 Å². The smallest absolute Gasteiger partial charge is 0.257 e. The highest BCUT2D eigenvalue weighted by molar-refractivity contribution is 5.98. The van der Waals surface area contributed by atoms with Gasteiger partial charge in [0.25, 0.3) is 5.91 Å². The lowest BCUT2D eigenvalue weighted by molar-refractivity contribution is 0.0783. The topological polar surface area (TPSA) is 69.8 Å². The number of hydrogen-bond acceptors (Lipinski definition) is 4. The van der Waals surface area contributed by atoms with Gasteiger partial charge in [-0.25, -0.2) is 0 Å². The predicted octanol–water partition coefficient (Wildman–Crippen LogP) is 0.608. The lowest BCUT2D eigenvalue weighted by Gasteiger charge is -2.20. The van der Waals surface area contributed by atoms with Gasteiger partial charge in [0.05, 0.1) is 11.3 Å². The molecule has 1 rings (SSSR count). The molecular formula is C12H19N3O2. The number of para-hydroxylation sites is 1. The number of nitrogen functional groups attached to an aromatic ring is 1. The van der Waals surface area contributed by atoms with Gasteiger partial charge in [-0.3, -0.25) is 4.79 Å². The number of carbonyl (C=O) groups excluding carboxylic acids is 1. The molecule has 0 heterocycles. The highest BCUT2D eigenvalue weighted by atomic mass is 16.3. The van der Waals surface area contributed by atoms with Crippen molar-refractivity contribution in [3.05, 3.63) is 23.8 Å². The van der Waals surface area contributed by atoms with Gasteiger partial charge in [0.1, 0.15) is 0 Å². The van der Waals surface area contributed by atoms with Crippen molar-refractivity contribution in [3.63, 3.8) is 0 Å². The Balaban J connectivity index is 2.78. The van der Waals surface area contributed by atoms with Crippen LogP contribution in [-0.4, -0.2) is 55.0 Å². The number of carbonyl (C=O) groups is 1. The Labute approximate surface area is 101 Å². The van der Waals surface area contributed by atoms with Gasteiger partial charge in [-0.15, -0.1) is 0 Å². The van der Waals surface area contributed by atoms with E-state index in [9.17, 15) is 9.90 Å². The zero-order valence-corrected chi connectivity index (χ0v) is 10.5. The Morgan fingerprint density at radius 3 is 2.53 bits per heavy atom. The first-order chi connectivity index (χ1) is 7.93. The van der Waals surface area contributed by atoms with Crippen molar-refractivity contribution >= 4 is 11.6 Å². The average Bonchev–Trinajstić information content (AvgIpc) is 2.28. The first kappa shape index (κ1) is 13.3. The predicted molar refractivity (Wildman–Crippen MR) is 68.0 cm³/mol. The highest BCUT2D eigenvalue weighted by Crippen LogP contribution is 2.25.